The molecule has 0 radical (unpaired) electrons. The molecule has 0 aromatic heterocycles. The molecule has 1 rings (SSSR count). The SMILES string of the molecule is CCCC(C)(CNCCOC)Cc1cccc(F)c1Cl. The molecule has 1 aromatic carbocycles. The fourth-order valence-electron chi connectivity index (χ4n) is 2.55. The van der Waals surface area contributed by atoms with Gasteiger partial charge in [0.25, 0.3) is 0 Å². The predicted molar refractivity (Wildman–Crippen MR) is 82.9 cm³/mol. The number of rotatable bonds is 9. The minimum absolute atomic E-state index is 0.0694. The first kappa shape index (κ1) is 17.4. The Morgan fingerprint density at radius 1 is 1.40 bits per heavy atom. The van der Waals surface area contributed by atoms with Gasteiger partial charge in [-0.05, 0) is 29.9 Å². The molecule has 0 saturated carbocycles. The van der Waals surface area contributed by atoms with Crippen LogP contribution < -0.4 is 5.32 Å². The summed E-state index contributed by atoms with van der Waals surface area (Å²) in [5.74, 6) is -0.338. The van der Waals surface area contributed by atoms with E-state index in [9.17, 15) is 4.39 Å². The fraction of sp³-hybridized carbons (Fsp3) is 0.625. The van der Waals surface area contributed by atoms with Crippen LogP contribution in [0.15, 0.2) is 18.2 Å². The first-order valence-electron chi connectivity index (χ1n) is 7.15. The Balaban J connectivity index is 2.71. The summed E-state index contributed by atoms with van der Waals surface area (Å²) in [5.41, 5.74) is 0.955. The maximum atomic E-state index is 13.5. The monoisotopic (exact) mass is 301 g/mol. The lowest BCUT2D eigenvalue weighted by molar-refractivity contribution is 0.190. The molecule has 0 aliphatic carbocycles. The van der Waals surface area contributed by atoms with E-state index in [0.717, 1.165) is 37.9 Å². The third kappa shape index (κ3) is 5.39. The predicted octanol–water partition coefficient (Wildman–Crippen LogP) is 4.06. The second-order valence-electron chi connectivity index (χ2n) is 5.62. The molecule has 20 heavy (non-hydrogen) atoms. The largest absolute Gasteiger partial charge is 0.383 e. The van der Waals surface area contributed by atoms with Crippen molar-refractivity contribution in [2.45, 2.75) is 33.1 Å². The Morgan fingerprint density at radius 3 is 2.80 bits per heavy atom. The highest BCUT2D eigenvalue weighted by Gasteiger charge is 2.25. The van der Waals surface area contributed by atoms with Crippen molar-refractivity contribution in [2.24, 2.45) is 5.41 Å². The molecule has 0 heterocycles. The van der Waals surface area contributed by atoms with Crippen LogP contribution >= 0.6 is 11.6 Å². The number of hydrogen-bond donors (Lipinski definition) is 1. The van der Waals surface area contributed by atoms with E-state index >= 15 is 0 Å². The number of ether oxygens (including phenoxy) is 1. The van der Waals surface area contributed by atoms with Gasteiger partial charge >= 0.3 is 0 Å². The van der Waals surface area contributed by atoms with Crippen LogP contribution in [0.2, 0.25) is 5.02 Å². The second-order valence-corrected chi connectivity index (χ2v) is 6.00. The molecule has 0 saturated heterocycles. The van der Waals surface area contributed by atoms with Gasteiger partial charge in [-0.15, -0.1) is 0 Å². The minimum Gasteiger partial charge on any atom is -0.383 e. The van der Waals surface area contributed by atoms with Crippen LogP contribution in [0.5, 0.6) is 0 Å². The highest BCUT2D eigenvalue weighted by atomic mass is 35.5. The topological polar surface area (TPSA) is 21.3 Å². The van der Waals surface area contributed by atoms with Gasteiger partial charge in [-0.25, -0.2) is 4.39 Å². The van der Waals surface area contributed by atoms with Crippen molar-refractivity contribution in [3.63, 3.8) is 0 Å². The van der Waals surface area contributed by atoms with Crippen LogP contribution in [0.1, 0.15) is 32.3 Å². The zero-order valence-electron chi connectivity index (χ0n) is 12.6. The van der Waals surface area contributed by atoms with Gasteiger partial charge in [0.05, 0.1) is 11.6 Å². The van der Waals surface area contributed by atoms with E-state index in [0.29, 0.717) is 6.61 Å². The van der Waals surface area contributed by atoms with E-state index in [4.69, 9.17) is 16.3 Å². The first-order chi connectivity index (χ1) is 9.52. The number of halogens is 2. The lowest BCUT2D eigenvalue weighted by Crippen LogP contribution is -2.35. The quantitative estimate of drug-likeness (QED) is 0.694. The van der Waals surface area contributed by atoms with Crippen LogP contribution in [0.4, 0.5) is 4.39 Å². The highest BCUT2D eigenvalue weighted by molar-refractivity contribution is 6.31. The summed E-state index contributed by atoms with van der Waals surface area (Å²) in [6, 6.07) is 5.04. The number of benzene rings is 1. The molecule has 0 fully saturated rings. The van der Waals surface area contributed by atoms with Crippen molar-refractivity contribution in [3.05, 3.63) is 34.6 Å². The van der Waals surface area contributed by atoms with Gasteiger partial charge in [-0.2, -0.15) is 0 Å². The Kier molecular flexibility index (Phi) is 7.49. The third-order valence-electron chi connectivity index (χ3n) is 3.54. The summed E-state index contributed by atoms with van der Waals surface area (Å²) in [6.45, 7) is 6.78. The van der Waals surface area contributed by atoms with Crippen LogP contribution in [-0.4, -0.2) is 26.8 Å². The maximum absolute atomic E-state index is 13.5. The summed E-state index contributed by atoms with van der Waals surface area (Å²) in [7, 11) is 1.69. The van der Waals surface area contributed by atoms with E-state index in [1.165, 1.54) is 6.07 Å². The second kappa shape index (κ2) is 8.60. The van der Waals surface area contributed by atoms with Crippen LogP contribution in [0.3, 0.4) is 0 Å². The molecule has 1 unspecified atom stereocenters. The van der Waals surface area contributed by atoms with Crippen molar-refractivity contribution in [2.75, 3.05) is 26.8 Å². The van der Waals surface area contributed by atoms with Crippen molar-refractivity contribution < 1.29 is 9.13 Å². The molecule has 0 bridgehead atoms. The summed E-state index contributed by atoms with van der Waals surface area (Å²) in [6.07, 6.45) is 2.94. The molecule has 4 heteroatoms. The minimum atomic E-state index is -0.338. The zero-order chi connectivity index (χ0) is 15.0. The Bertz CT molecular complexity index is 413. The molecule has 0 aliphatic heterocycles. The van der Waals surface area contributed by atoms with Gasteiger partial charge in [0, 0.05) is 20.2 Å². The smallest absolute Gasteiger partial charge is 0.142 e. The summed E-state index contributed by atoms with van der Waals surface area (Å²) < 4.78 is 18.6. The summed E-state index contributed by atoms with van der Waals surface area (Å²) in [5, 5.41) is 3.66. The molecular weight excluding hydrogens is 277 g/mol. The lowest BCUT2D eigenvalue weighted by Gasteiger charge is -2.30. The molecule has 0 aliphatic rings. The normalized spacial score (nSPS) is 14.2. The third-order valence-corrected chi connectivity index (χ3v) is 3.96. The van der Waals surface area contributed by atoms with Gasteiger partial charge < -0.3 is 10.1 Å². The zero-order valence-corrected chi connectivity index (χ0v) is 13.4. The standard InChI is InChI=1S/C16H25ClFNO/c1-4-8-16(2,12-19-9-10-20-3)11-13-6-5-7-14(18)15(13)17/h5-7,19H,4,8-12H2,1-3H3. The van der Waals surface area contributed by atoms with Crippen LogP contribution in [0.25, 0.3) is 0 Å². The van der Waals surface area contributed by atoms with E-state index in [-0.39, 0.29) is 16.3 Å². The van der Waals surface area contributed by atoms with Crippen LogP contribution in [0, 0.1) is 11.2 Å². The summed E-state index contributed by atoms with van der Waals surface area (Å²) >= 11 is 6.07. The van der Waals surface area contributed by atoms with Gasteiger partial charge in [-0.3, -0.25) is 0 Å². The Hall–Kier alpha value is -0.640. The van der Waals surface area contributed by atoms with E-state index in [1.807, 2.05) is 6.07 Å². The highest BCUT2D eigenvalue weighted by Crippen LogP contribution is 2.31. The van der Waals surface area contributed by atoms with Gasteiger partial charge in [0.15, 0.2) is 0 Å². The molecule has 1 atom stereocenters. The van der Waals surface area contributed by atoms with E-state index < -0.39 is 0 Å². The lowest BCUT2D eigenvalue weighted by atomic mass is 9.79. The number of methoxy groups -OCH3 is 1. The van der Waals surface area contributed by atoms with Gasteiger partial charge in [-0.1, -0.05) is 44.0 Å². The maximum Gasteiger partial charge on any atom is 0.142 e. The van der Waals surface area contributed by atoms with Crippen molar-refractivity contribution in [3.8, 4) is 0 Å². The Labute approximate surface area is 126 Å². The molecular formula is C16H25ClFNO. The number of hydrogen-bond acceptors (Lipinski definition) is 2. The summed E-state index contributed by atoms with van der Waals surface area (Å²) in [4.78, 5) is 0. The first-order valence-corrected chi connectivity index (χ1v) is 7.53. The number of nitrogens with one attached hydrogen (secondary N) is 1. The molecule has 0 amide bonds. The Morgan fingerprint density at radius 2 is 2.15 bits per heavy atom. The van der Waals surface area contributed by atoms with Gasteiger partial charge in [0.2, 0.25) is 0 Å². The average molecular weight is 302 g/mol. The molecule has 1 aromatic rings. The molecule has 2 nitrogen and oxygen atoms in total. The van der Waals surface area contributed by atoms with Crippen molar-refractivity contribution in [1.82, 2.24) is 5.32 Å². The van der Waals surface area contributed by atoms with Crippen molar-refractivity contribution in [1.29, 1.82) is 0 Å². The molecule has 0 spiro atoms. The average Bonchev–Trinajstić information content (AvgIpc) is 2.41. The molecule has 114 valence electrons. The van der Waals surface area contributed by atoms with E-state index in [2.05, 4.69) is 19.2 Å². The molecule has 1 N–H and O–H groups in total. The van der Waals surface area contributed by atoms with E-state index in [1.54, 1.807) is 13.2 Å². The van der Waals surface area contributed by atoms with Gasteiger partial charge in [0.1, 0.15) is 5.82 Å². The van der Waals surface area contributed by atoms with Crippen molar-refractivity contribution >= 4 is 11.6 Å². The van der Waals surface area contributed by atoms with Crippen LogP contribution in [-0.2, 0) is 11.2 Å². The fourth-order valence-corrected chi connectivity index (χ4v) is 2.74.